The smallest absolute Gasteiger partial charge is 0.0897 e. The standard InChI is InChI=1S/C11H15Br2NO2/c1-16-7-9(15)6-14-5-8-2-3-10(12)11(13)4-8/h2-4,9,14-15H,5-7H2,1H3. The summed E-state index contributed by atoms with van der Waals surface area (Å²) in [5.41, 5.74) is 1.17. The molecule has 0 radical (unpaired) electrons. The molecule has 1 aromatic rings. The van der Waals surface area contributed by atoms with Crippen LogP contribution in [0.15, 0.2) is 27.1 Å². The first-order valence-electron chi connectivity index (χ1n) is 4.95. The molecule has 0 aromatic heterocycles. The first-order valence-corrected chi connectivity index (χ1v) is 6.53. The summed E-state index contributed by atoms with van der Waals surface area (Å²) < 4.78 is 6.91. The fourth-order valence-corrected chi connectivity index (χ4v) is 1.96. The van der Waals surface area contributed by atoms with Crippen LogP contribution in [-0.2, 0) is 11.3 Å². The number of aliphatic hydroxyl groups excluding tert-OH is 1. The van der Waals surface area contributed by atoms with Crippen LogP contribution in [0.4, 0.5) is 0 Å². The number of hydrogen-bond acceptors (Lipinski definition) is 3. The first kappa shape index (κ1) is 14.1. The zero-order chi connectivity index (χ0) is 12.0. The Bertz CT molecular complexity index is 334. The summed E-state index contributed by atoms with van der Waals surface area (Å²) >= 11 is 6.87. The number of halogens is 2. The maximum atomic E-state index is 9.42. The Morgan fingerprint density at radius 2 is 2.12 bits per heavy atom. The normalized spacial score (nSPS) is 12.8. The molecule has 0 spiro atoms. The zero-order valence-electron chi connectivity index (χ0n) is 9.04. The molecule has 1 rings (SSSR count). The van der Waals surface area contributed by atoms with Crippen molar-refractivity contribution in [1.29, 1.82) is 0 Å². The van der Waals surface area contributed by atoms with Crippen LogP contribution in [0.5, 0.6) is 0 Å². The van der Waals surface area contributed by atoms with Crippen LogP contribution in [-0.4, -0.2) is 31.5 Å². The van der Waals surface area contributed by atoms with E-state index in [1.165, 1.54) is 5.56 Å². The minimum absolute atomic E-state index is 0.358. The van der Waals surface area contributed by atoms with Crippen LogP contribution in [0.3, 0.4) is 0 Å². The summed E-state index contributed by atoms with van der Waals surface area (Å²) in [5, 5.41) is 12.6. The van der Waals surface area contributed by atoms with E-state index in [4.69, 9.17) is 4.74 Å². The van der Waals surface area contributed by atoms with Crippen molar-refractivity contribution in [1.82, 2.24) is 5.32 Å². The van der Waals surface area contributed by atoms with Crippen LogP contribution in [0.25, 0.3) is 0 Å². The van der Waals surface area contributed by atoms with E-state index >= 15 is 0 Å². The van der Waals surface area contributed by atoms with Crippen LogP contribution >= 0.6 is 31.9 Å². The maximum absolute atomic E-state index is 9.42. The van der Waals surface area contributed by atoms with Crippen molar-refractivity contribution in [3.8, 4) is 0 Å². The van der Waals surface area contributed by atoms with Gasteiger partial charge in [0.2, 0.25) is 0 Å². The molecule has 0 saturated heterocycles. The lowest BCUT2D eigenvalue weighted by Gasteiger charge is -2.11. The molecular weight excluding hydrogens is 338 g/mol. The third kappa shape index (κ3) is 4.93. The molecule has 0 bridgehead atoms. The highest BCUT2D eigenvalue weighted by Gasteiger charge is 2.03. The SMILES string of the molecule is COCC(O)CNCc1ccc(Br)c(Br)c1. The van der Waals surface area contributed by atoms with E-state index in [9.17, 15) is 5.11 Å². The molecule has 0 amide bonds. The second-order valence-corrected chi connectivity index (χ2v) is 5.20. The molecule has 0 aliphatic heterocycles. The molecule has 0 saturated carbocycles. The Balaban J connectivity index is 2.34. The van der Waals surface area contributed by atoms with Gasteiger partial charge < -0.3 is 15.2 Å². The van der Waals surface area contributed by atoms with Crippen molar-refractivity contribution in [2.24, 2.45) is 0 Å². The Hall–Kier alpha value is 0.0600. The number of rotatable bonds is 6. The van der Waals surface area contributed by atoms with E-state index < -0.39 is 6.10 Å². The van der Waals surface area contributed by atoms with Gasteiger partial charge in [0.25, 0.3) is 0 Å². The summed E-state index contributed by atoms with van der Waals surface area (Å²) in [6.07, 6.45) is -0.455. The van der Waals surface area contributed by atoms with Crippen molar-refractivity contribution in [2.75, 3.05) is 20.3 Å². The highest BCUT2D eigenvalue weighted by molar-refractivity contribution is 9.13. The molecule has 5 heteroatoms. The van der Waals surface area contributed by atoms with Gasteiger partial charge >= 0.3 is 0 Å². The summed E-state index contributed by atoms with van der Waals surface area (Å²) in [6, 6.07) is 6.07. The number of hydrogen-bond donors (Lipinski definition) is 2. The van der Waals surface area contributed by atoms with E-state index in [-0.39, 0.29) is 0 Å². The van der Waals surface area contributed by atoms with Gasteiger partial charge in [-0.1, -0.05) is 6.07 Å². The molecular formula is C11H15Br2NO2. The summed E-state index contributed by atoms with van der Waals surface area (Å²) in [4.78, 5) is 0. The lowest BCUT2D eigenvalue weighted by atomic mass is 10.2. The average Bonchev–Trinajstić information content (AvgIpc) is 2.24. The largest absolute Gasteiger partial charge is 0.389 e. The van der Waals surface area contributed by atoms with Gasteiger partial charge in [-0.25, -0.2) is 0 Å². The van der Waals surface area contributed by atoms with Crippen LogP contribution in [0.1, 0.15) is 5.56 Å². The highest BCUT2D eigenvalue weighted by atomic mass is 79.9. The molecule has 1 aromatic carbocycles. The maximum Gasteiger partial charge on any atom is 0.0897 e. The fraction of sp³-hybridized carbons (Fsp3) is 0.455. The Kier molecular flexibility index (Phi) is 6.53. The summed E-state index contributed by atoms with van der Waals surface area (Å²) in [7, 11) is 1.58. The third-order valence-electron chi connectivity index (χ3n) is 2.05. The molecule has 1 atom stereocenters. The van der Waals surface area contributed by atoms with Gasteiger partial charge in [-0.15, -0.1) is 0 Å². The lowest BCUT2D eigenvalue weighted by molar-refractivity contribution is 0.0644. The van der Waals surface area contributed by atoms with E-state index in [1.807, 2.05) is 18.2 Å². The summed E-state index contributed by atoms with van der Waals surface area (Å²) in [5.74, 6) is 0. The molecule has 16 heavy (non-hydrogen) atoms. The number of methoxy groups -OCH3 is 1. The molecule has 0 aliphatic rings. The molecule has 0 fully saturated rings. The molecule has 3 nitrogen and oxygen atoms in total. The zero-order valence-corrected chi connectivity index (χ0v) is 12.2. The molecule has 0 heterocycles. The van der Waals surface area contributed by atoms with Gasteiger partial charge in [0.05, 0.1) is 12.7 Å². The van der Waals surface area contributed by atoms with Crippen molar-refractivity contribution in [2.45, 2.75) is 12.6 Å². The minimum Gasteiger partial charge on any atom is -0.389 e. The molecule has 90 valence electrons. The second kappa shape index (κ2) is 7.40. The van der Waals surface area contributed by atoms with E-state index in [0.717, 1.165) is 15.5 Å². The van der Waals surface area contributed by atoms with Crippen LogP contribution in [0, 0.1) is 0 Å². The Morgan fingerprint density at radius 1 is 1.38 bits per heavy atom. The first-order chi connectivity index (χ1) is 7.63. The Labute approximate surface area is 112 Å². The van der Waals surface area contributed by atoms with Crippen molar-refractivity contribution in [3.05, 3.63) is 32.7 Å². The van der Waals surface area contributed by atoms with E-state index in [2.05, 4.69) is 37.2 Å². The van der Waals surface area contributed by atoms with Crippen LogP contribution in [0.2, 0.25) is 0 Å². The number of ether oxygens (including phenoxy) is 1. The van der Waals surface area contributed by atoms with Gasteiger partial charge in [-0.2, -0.15) is 0 Å². The van der Waals surface area contributed by atoms with Gasteiger partial charge in [0.1, 0.15) is 0 Å². The predicted molar refractivity (Wildman–Crippen MR) is 71.4 cm³/mol. The number of nitrogens with one attached hydrogen (secondary N) is 1. The van der Waals surface area contributed by atoms with Crippen LogP contribution < -0.4 is 5.32 Å². The number of benzene rings is 1. The van der Waals surface area contributed by atoms with E-state index in [0.29, 0.717) is 13.2 Å². The topological polar surface area (TPSA) is 41.5 Å². The van der Waals surface area contributed by atoms with Gasteiger partial charge in [0, 0.05) is 29.1 Å². The average molecular weight is 353 g/mol. The van der Waals surface area contributed by atoms with Gasteiger partial charge in [-0.3, -0.25) is 0 Å². The van der Waals surface area contributed by atoms with Gasteiger partial charge in [0.15, 0.2) is 0 Å². The van der Waals surface area contributed by atoms with Crippen molar-refractivity contribution < 1.29 is 9.84 Å². The second-order valence-electron chi connectivity index (χ2n) is 3.49. The predicted octanol–water partition coefficient (Wildman–Crippen LogP) is 2.31. The lowest BCUT2D eigenvalue weighted by Crippen LogP contribution is -2.29. The highest BCUT2D eigenvalue weighted by Crippen LogP contribution is 2.23. The minimum atomic E-state index is -0.455. The number of aliphatic hydroxyl groups is 1. The quantitative estimate of drug-likeness (QED) is 0.825. The van der Waals surface area contributed by atoms with Gasteiger partial charge in [-0.05, 0) is 49.6 Å². The van der Waals surface area contributed by atoms with Crippen molar-refractivity contribution in [3.63, 3.8) is 0 Å². The summed E-state index contributed by atoms with van der Waals surface area (Å²) in [6.45, 7) is 1.62. The third-order valence-corrected chi connectivity index (χ3v) is 3.93. The van der Waals surface area contributed by atoms with E-state index in [1.54, 1.807) is 7.11 Å². The Morgan fingerprint density at radius 3 is 2.75 bits per heavy atom. The molecule has 1 unspecified atom stereocenters. The fourth-order valence-electron chi connectivity index (χ4n) is 1.28. The van der Waals surface area contributed by atoms with Crippen molar-refractivity contribution >= 4 is 31.9 Å². The molecule has 0 aliphatic carbocycles. The molecule has 2 N–H and O–H groups in total. The monoisotopic (exact) mass is 351 g/mol.